The summed E-state index contributed by atoms with van der Waals surface area (Å²) in [4.78, 5) is 77.6. The van der Waals surface area contributed by atoms with E-state index in [1.165, 1.54) is 30.8 Å². The molecule has 0 radical (unpaired) electrons. The van der Waals surface area contributed by atoms with Gasteiger partial charge in [-0.05, 0) is 88.8 Å². The van der Waals surface area contributed by atoms with Gasteiger partial charge in [0.1, 0.15) is 30.1 Å². The minimum atomic E-state index is -1.32. The predicted octanol–water partition coefficient (Wildman–Crippen LogP) is 5.74. The van der Waals surface area contributed by atoms with Crippen LogP contribution >= 0.6 is 0 Å². The lowest BCUT2D eigenvalue weighted by atomic mass is 10.0. The molecule has 0 unspecified atom stereocenters. The number of benzene rings is 1. The van der Waals surface area contributed by atoms with Crippen molar-refractivity contribution in [3.8, 4) is 0 Å². The Kier molecular flexibility index (Phi) is 16.7. The van der Waals surface area contributed by atoms with Crippen LogP contribution in [-0.2, 0) is 55.9 Å². The Labute approximate surface area is 337 Å². The Bertz CT molecular complexity index is 1620. The highest BCUT2D eigenvalue weighted by molar-refractivity contribution is 5.90. The van der Waals surface area contributed by atoms with Gasteiger partial charge in [0.2, 0.25) is 0 Å². The average Bonchev–Trinajstić information content (AvgIpc) is 4.01. The fourth-order valence-electron chi connectivity index (χ4n) is 6.32. The number of esters is 3. The SMILES string of the molecule is CC(C)CC[C@@H](C(=O)O[C@H](C)C(=O)OCc1ccccc1)N(C)C(=O)[C@@H](CCc1ccc(N2CCOCC2)nc1)OC(=O)[C@H](CC1CC1)N(C)C(=O)OC(C)(C)C. The molecule has 1 aromatic carbocycles. The molecule has 1 aliphatic carbocycles. The summed E-state index contributed by atoms with van der Waals surface area (Å²) in [5.41, 5.74) is 0.815. The molecule has 1 aromatic heterocycles. The topological polar surface area (TPSA) is 154 Å². The van der Waals surface area contributed by atoms with Crippen molar-refractivity contribution in [1.82, 2.24) is 14.8 Å². The zero-order valence-corrected chi connectivity index (χ0v) is 34.9. The van der Waals surface area contributed by atoms with E-state index in [2.05, 4.69) is 9.88 Å². The molecule has 4 atom stereocenters. The van der Waals surface area contributed by atoms with E-state index in [0.29, 0.717) is 32.5 Å². The molecule has 0 N–H and O–H groups in total. The maximum absolute atomic E-state index is 14.5. The van der Waals surface area contributed by atoms with Gasteiger partial charge in [0, 0.05) is 33.4 Å². The highest BCUT2D eigenvalue weighted by Crippen LogP contribution is 2.35. The van der Waals surface area contributed by atoms with Crippen LogP contribution in [0.3, 0.4) is 0 Å². The number of rotatable bonds is 19. The normalized spacial score (nSPS) is 16.5. The van der Waals surface area contributed by atoms with Crippen molar-refractivity contribution >= 4 is 35.7 Å². The first-order valence-corrected chi connectivity index (χ1v) is 20.1. The van der Waals surface area contributed by atoms with Crippen molar-refractivity contribution < 1.29 is 47.7 Å². The molecular weight excluding hydrogens is 732 g/mol. The lowest BCUT2D eigenvalue weighted by Gasteiger charge is -2.33. The average molecular weight is 795 g/mol. The second-order valence-electron chi connectivity index (χ2n) is 16.5. The number of nitrogens with zero attached hydrogens (tertiary/aromatic N) is 4. The molecule has 2 fully saturated rings. The van der Waals surface area contributed by atoms with Gasteiger partial charge in [-0.2, -0.15) is 0 Å². The van der Waals surface area contributed by atoms with Crippen LogP contribution in [0.2, 0.25) is 0 Å². The van der Waals surface area contributed by atoms with E-state index < -0.39 is 59.8 Å². The fraction of sp³-hybridized carbons (Fsp3) is 0.628. The van der Waals surface area contributed by atoms with Gasteiger partial charge in [0.15, 0.2) is 12.2 Å². The summed E-state index contributed by atoms with van der Waals surface area (Å²) in [6, 6.07) is 10.9. The zero-order valence-electron chi connectivity index (χ0n) is 34.9. The monoisotopic (exact) mass is 794 g/mol. The molecule has 14 nitrogen and oxygen atoms in total. The van der Waals surface area contributed by atoms with Gasteiger partial charge in [-0.25, -0.2) is 24.2 Å². The van der Waals surface area contributed by atoms with Gasteiger partial charge < -0.3 is 33.5 Å². The minimum absolute atomic E-state index is 0.0140. The van der Waals surface area contributed by atoms with Crippen LogP contribution in [0.15, 0.2) is 48.7 Å². The van der Waals surface area contributed by atoms with Crippen LogP contribution in [0.4, 0.5) is 10.6 Å². The number of amides is 2. The molecule has 2 heterocycles. The second-order valence-corrected chi connectivity index (χ2v) is 16.5. The number of pyridine rings is 1. The smallest absolute Gasteiger partial charge is 0.410 e. The number of aryl methyl sites for hydroxylation is 1. The maximum atomic E-state index is 14.5. The zero-order chi connectivity index (χ0) is 41.7. The molecule has 1 aliphatic heterocycles. The first kappa shape index (κ1) is 45.0. The molecule has 314 valence electrons. The van der Waals surface area contributed by atoms with Crippen molar-refractivity contribution in [1.29, 1.82) is 0 Å². The van der Waals surface area contributed by atoms with Crippen LogP contribution in [0.5, 0.6) is 0 Å². The lowest BCUT2D eigenvalue weighted by Crippen LogP contribution is -2.51. The number of hydrogen-bond donors (Lipinski definition) is 0. The van der Waals surface area contributed by atoms with Crippen molar-refractivity contribution in [3.63, 3.8) is 0 Å². The number of aromatic nitrogens is 1. The molecule has 2 amide bonds. The van der Waals surface area contributed by atoms with Gasteiger partial charge in [-0.15, -0.1) is 0 Å². The summed E-state index contributed by atoms with van der Waals surface area (Å²) < 4.78 is 28.1. The summed E-state index contributed by atoms with van der Waals surface area (Å²) in [7, 11) is 2.97. The molecule has 1 saturated carbocycles. The predicted molar refractivity (Wildman–Crippen MR) is 213 cm³/mol. The third-order valence-electron chi connectivity index (χ3n) is 10.0. The number of morpholine rings is 1. The van der Waals surface area contributed by atoms with Crippen LogP contribution in [0.25, 0.3) is 0 Å². The first-order chi connectivity index (χ1) is 27.0. The van der Waals surface area contributed by atoms with Gasteiger partial charge in [0.05, 0.1) is 13.2 Å². The van der Waals surface area contributed by atoms with Crippen LogP contribution in [-0.4, -0.2) is 115 Å². The Balaban J connectivity index is 1.54. The van der Waals surface area contributed by atoms with E-state index in [0.717, 1.165) is 42.9 Å². The summed E-state index contributed by atoms with van der Waals surface area (Å²) in [5.74, 6) is -1.62. The Morgan fingerprint density at radius 1 is 0.825 bits per heavy atom. The van der Waals surface area contributed by atoms with E-state index >= 15 is 0 Å². The van der Waals surface area contributed by atoms with Crippen molar-refractivity contribution in [2.45, 2.75) is 123 Å². The third-order valence-corrected chi connectivity index (χ3v) is 10.0. The van der Waals surface area contributed by atoms with Crippen LogP contribution in [0.1, 0.15) is 91.2 Å². The molecule has 0 spiro atoms. The van der Waals surface area contributed by atoms with E-state index in [4.69, 9.17) is 23.7 Å². The van der Waals surface area contributed by atoms with E-state index in [1.807, 2.05) is 56.3 Å². The van der Waals surface area contributed by atoms with Gasteiger partial charge in [-0.1, -0.05) is 63.1 Å². The number of anilines is 1. The molecule has 1 saturated heterocycles. The lowest BCUT2D eigenvalue weighted by molar-refractivity contribution is -0.174. The third kappa shape index (κ3) is 14.6. The minimum Gasteiger partial charge on any atom is -0.458 e. The molecule has 2 aromatic rings. The first-order valence-electron chi connectivity index (χ1n) is 20.1. The second kappa shape index (κ2) is 21.2. The number of hydrogen-bond acceptors (Lipinski definition) is 12. The molecule has 14 heteroatoms. The summed E-state index contributed by atoms with van der Waals surface area (Å²) in [5, 5.41) is 0. The molecular formula is C43H62N4O10. The number of carbonyl (C=O) groups is 5. The molecule has 57 heavy (non-hydrogen) atoms. The van der Waals surface area contributed by atoms with Crippen molar-refractivity contribution in [3.05, 3.63) is 59.8 Å². The largest absolute Gasteiger partial charge is 0.458 e. The van der Waals surface area contributed by atoms with E-state index in [1.54, 1.807) is 27.0 Å². The van der Waals surface area contributed by atoms with Crippen LogP contribution < -0.4 is 4.90 Å². The highest BCUT2D eigenvalue weighted by Gasteiger charge is 2.40. The molecule has 2 aliphatic rings. The fourth-order valence-corrected chi connectivity index (χ4v) is 6.32. The Hall–Kier alpha value is -4.72. The summed E-state index contributed by atoms with van der Waals surface area (Å²) in [6.45, 7) is 13.4. The Morgan fingerprint density at radius 3 is 2.09 bits per heavy atom. The number of ether oxygens (including phenoxy) is 5. The standard InChI is InChI=1S/C43H62N4O10/c1-29(2)14-19-34(40(50)55-30(3)39(49)54-28-33-12-10-9-11-13-33)45(7)38(48)36(20-17-32-18-21-37(44-27-32)47-22-24-53-25-23-47)56-41(51)35(26-31-15-16-31)46(8)42(52)57-43(4,5)6/h9-13,18,21,27,29-31,34-36H,14-17,19-20,22-26,28H2,1-8H3/t30-,34+,35+,36-/m1/s1. The van der Waals surface area contributed by atoms with E-state index in [-0.39, 0.29) is 31.3 Å². The van der Waals surface area contributed by atoms with Gasteiger partial charge >= 0.3 is 24.0 Å². The van der Waals surface area contributed by atoms with Crippen molar-refractivity contribution in [2.24, 2.45) is 11.8 Å². The molecule has 0 bridgehead atoms. The summed E-state index contributed by atoms with van der Waals surface area (Å²) >= 11 is 0. The Morgan fingerprint density at radius 2 is 1.49 bits per heavy atom. The summed E-state index contributed by atoms with van der Waals surface area (Å²) in [6.07, 6.45) is 1.92. The highest BCUT2D eigenvalue weighted by atomic mass is 16.6. The number of carbonyl (C=O) groups excluding carboxylic acids is 5. The number of likely N-dealkylation sites (N-methyl/N-ethyl adjacent to an activating group) is 2. The molecule has 4 rings (SSSR count). The quantitative estimate of drug-likeness (QED) is 0.126. The van der Waals surface area contributed by atoms with Crippen molar-refractivity contribution in [2.75, 3.05) is 45.3 Å². The maximum Gasteiger partial charge on any atom is 0.410 e. The van der Waals surface area contributed by atoms with E-state index in [9.17, 15) is 24.0 Å². The van der Waals surface area contributed by atoms with Gasteiger partial charge in [0.25, 0.3) is 5.91 Å². The van der Waals surface area contributed by atoms with Crippen LogP contribution in [0, 0.1) is 11.8 Å². The van der Waals surface area contributed by atoms with Gasteiger partial charge in [-0.3, -0.25) is 9.69 Å².